The van der Waals surface area contributed by atoms with Crippen molar-refractivity contribution in [3.63, 3.8) is 0 Å². The summed E-state index contributed by atoms with van der Waals surface area (Å²) in [5.74, 6) is 1.00. The number of benzene rings is 1. The van der Waals surface area contributed by atoms with E-state index >= 15 is 0 Å². The van der Waals surface area contributed by atoms with Crippen LogP contribution in [0.15, 0.2) is 23.1 Å². The average Bonchev–Trinajstić information content (AvgIpc) is 2.47. The van der Waals surface area contributed by atoms with Gasteiger partial charge >= 0.3 is 0 Å². The molecule has 0 radical (unpaired) electrons. The lowest BCUT2D eigenvalue weighted by molar-refractivity contribution is 0.401. The van der Waals surface area contributed by atoms with E-state index in [-0.39, 0.29) is 0 Å². The van der Waals surface area contributed by atoms with Gasteiger partial charge in [0.2, 0.25) is 0 Å². The van der Waals surface area contributed by atoms with Gasteiger partial charge in [-0.2, -0.15) is 0 Å². The maximum Gasteiger partial charge on any atom is 0.124 e. The fourth-order valence-corrected chi connectivity index (χ4v) is 4.23. The molecule has 1 aliphatic carbocycles. The Labute approximate surface area is 121 Å². The summed E-state index contributed by atoms with van der Waals surface area (Å²) in [5.41, 5.74) is 1.31. The number of hydrogen-bond donors (Lipinski definition) is 1. The van der Waals surface area contributed by atoms with Gasteiger partial charge in [0, 0.05) is 21.8 Å². The van der Waals surface area contributed by atoms with Crippen LogP contribution in [0.3, 0.4) is 0 Å². The maximum atomic E-state index is 5.54. The van der Waals surface area contributed by atoms with Crippen molar-refractivity contribution >= 4 is 11.8 Å². The minimum atomic E-state index is 0.322. The van der Waals surface area contributed by atoms with E-state index in [0.717, 1.165) is 11.0 Å². The third-order valence-electron chi connectivity index (χ3n) is 3.96. The standard InChI is InChI=1S/C16H25NOS/c1-12(17-2)16-14(18-3)10-7-11-15(16)19-13-8-5-4-6-9-13/h7,10-13,17H,4-6,8-9H2,1-3H3. The number of thioether (sulfide) groups is 1. The van der Waals surface area contributed by atoms with E-state index in [1.165, 1.54) is 42.6 Å². The Morgan fingerprint density at radius 2 is 2.00 bits per heavy atom. The maximum absolute atomic E-state index is 5.54. The van der Waals surface area contributed by atoms with Gasteiger partial charge in [0.25, 0.3) is 0 Å². The molecule has 1 N–H and O–H groups in total. The van der Waals surface area contributed by atoms with Crippen molar-refractivity contribution in [2.24, 2.45) is 0 Å². The van der Waals surface area contributed by atoms with Gasteiger partial charge in [-0.15, -0.1) is 11.8 Å². The highest BCUT2D eigenvalue weighted by molar-refractivity contribution is 8.00. The van der Waals surface area contributed by atoms with Gasteiger partial charge < -0.3 is 10.1 Å². The third kappa shape index (κ3) is 3.67. The van der Waals surface area contributed by atoms with Gasteiger partial charge in [0.15, 0.2) is 0 Å². The molecular weight excluding hydrogens is 254 g/mol. The monoisotopic (exact) mass is 279 g/mol. The van der Waals surface area contributed by atoms with Crippen LogP contribution in [0.4, 0.5) is 0 Å². The van der Waals surface area contributed by atoms with Crippen LogP contribution in [-0.4, -0.2) is 19.4 Å². The minimum Gasteiger partial charge on any atom is -0.496 e. The van der Waals surface area contributed by atoms with Crippen molar-refractivity contribution in [2.75, 3.05) is 14.2 Å². The smallest absolute Gasteiger partial charge is 0.124 e. The Morgan fingerprint density at radius 1 is 1.26 bits per heavy atom. The largest absolute Gasteiger partial charge is 0.496 e. The second-order valence-corrected chi connectivity index (χ2v) is 6.60. The Hall–Kier alpha value is -0.670. The molecular formula is C16H25NOS. The van der Waals surface area contributed by atoms with E-state index in [0.29, 0.717) is 6.04 Å². The molecule has 1 unspecified atom stereocenters. The highest BCUT2D eigenvalue weighted by Crippen LogP contribution is 2.40. The van der Waals surface area contributed by atoms with Crippen molar-refractivity contribution in [1.29, 1.82) is 0 Å². The van der Waals surface area contributed by atoms with E-state index in [1.54, 1.807) is 7.11 Å². The summed E-state index contributed by atoms with van der Waals surface area (Å²) in [5, 5.41) is 4.12. The van der Waals surface area contributed by atoms with Gasteiger partial charge in [-0.05, 0) is 38.9 Å². The molecule has 0 aliphatic heterocycles. The van der Waals surface area contributed by atoms with Gasteiger partial charge in [0.1, 0.15) is 5.75 Å². The molecule has 1 fully saturated rings. The van der Waals surface area contributed by atoms with Crippen LogP contribution in [-0.2, 0) is 0 Å². The second kappa shape index (κ2) is 7.20. The number of methoxy groups -OCH3 is 1. The van der Waals surface area contributed by atoms with Crippen LogP contribution in [0.2, 0.25) is 0 Å². The molecule has 0 saturated heterocycles. The molecule has 0 amide bonds. The Kier molecular flexibility index (Phi) is 5.59. The Bertz CT molecular complexity index is 402. The van der Waals surface area contributed by atoms with Crippen LogP contribution in [0.1, 0.15) is 50.6 Å². The van der Waals surface area contributed by atoms with Crippen molar-refractivity contribution in [3.8, 4) is 5.75 Å². The number of nitrogens with one attached hydrogen (secondary N) is 1. The van der Waals surface area contributed by atoms with Crippen LogP contribution >= 0.6 is 11.8 Å². The van der Waals surface area contributed by atoms with Crippen molar-refractivity contribution < 1.29 is 4.74 Å². The highest BCUT2D eigenvalue weighted by atomic mass is 32.2. The zero-order valence-electron chi connectivity index (χ0n) is 12.2. The molecule has 1 saturated carbocycles. The quantitative estimate of drug-likeness (QED) is 0.863. The van der Waals surface area contributed by atoms with E-state index in [1.807, 2.05) is 18.8 Å². The van der Waals surface area contributed by atoms with Gasteiger partial charge in [0.05, 0.1) is 7.11 Å². The lowest BCUT2D eigenvalue weighted by Gasteiger charge is -2.24. The molecule has 0 aromatic heterocycles. The van der Waals surface area contributed by atoms with Crippen LogP contribution in [0, 0.1) is 0 Å². The summed E-state index contributed by atoms with van der Waals surface area (Å²) in [6.07, 6.45) is 6.90. The average molecular weight is 279 g/mol. The van der Waals surface area contributed by atoms with Crippen LogP contribution < -0.4 is 10.1 Å². The number of ether oxygens (including phenoxy) is 1. The molecule has 1 atom stereocenters. The Morgan fingerprint density at radius 3 is 2.63 bits per heavy atom. The Balaban J connectivity index is 2.22. The van der Waals surface area contributed by atoms with Crippen molar-refractivity contribution in [1.82, 2.24) is 5.32 Å². The molecule has 1 aliphatic rings. The summed E-state index contributed by atoms with van der Waals surface area (Å²) in [6.45, 7) is 2.20. The van der Waals surface area contributed by atoms with Gasteiger partial charge in [-0.25, -0.2) is 0 Å². The highest BCUT2D eigenvalue weighted by Gasteiger charge is 2.20. The second-order valence-electron chi connectivity index (χ2n) is 5.26. The number of rotatable bonds is 5. The van der Waals surface area contributed by atoms with E-state index < -0.39 is 0 Å². The molecule has 0 bridgehead atoms. The topological polar surface area (TPSA) is 21.3 Å². The molecule has 1 aromatic rings. The van der Waals surface area contributed by atoms with E-state index in [9.17, 15) is 0 Å². The molecule has 19 heavy (non-hydrogen) atoms. The normalized spacial score (nSPS) is 18.3. The molecule has 2 nitrogen and oxygen atoms in total. The minimum absolute atomic E-state index is 0.322. The fourth-order valence-electron chi connectivity index (χ4n) is 2.74. The molecule has 2 rings (SSSR count). The predicted molar refractivity (Wildman–Crippen MR) is 83.2 cm³/mol. The SMILES string of the molecule is CNC(C)c1c(OC)cccc1SC1CCCCC1. The first-order chi connectivity index (χ1) is 9.26. The van der Waals surface area contributed by atoms with Crippen molar-refractivity contribution in [3.05, 3.63) is 23.8 Å². The van der Waals surface area contributed by atoms with Gasteiger partial charge in [-0.3, -0.25) is 0 Å². The molecule has 0 spiro atoms. The summed E-state index contributed by atoms with van der Waals surface area (Å²) >= 11 is 2.04. The van der Waals surface area contributed by atoms with Crippen molar-refractivity contribution in [2.45, 2.75) is 55.2 Å². The first-order valence-electron chi connectivity index (χ1n) is 7.27. The zero-order chi connectivity index (χ0) is 13.7. The fraction of sp³-hybridized carbons (Fsp3) is 0.625. The summed E-state index contributed by atoms with van der Waals surface area (Å²) in [4.78, 5) is 1.38. The summed E-state index contributed by atoms with van der Waals surface area (Å²) in [6, 6.07) is 6.73. The van der Waals surface area contributed by atoms with E-state index in [4.69, 9.17) is 4.74 Å². The third-order valence-corrected chi connectivity index (χ3v) is 5.37. The predicted octanol–water partition coefficient (Wildman–Crippen LogP) is 4.40. The van der Waals surface area contributed by atoms with Crippen LogP contribution in [0.25, 0.3) is 0 Å². The lowest BCUT2D eigenvalue weighted by atomic mass is 10.0. The summed E-state index contributed by atoms with van der Waals surface area (Å²) < 4.78 is 5.54. The molecule has 1 aromatic carbocycles. The first kappa shape index (κ1) is 14.7. The van der Waals surface area contributed by atoms with Crippen LogP contribution in [0.5, 0.6) is 5.75 Å². The zero-order valence-corrected chi connectivity index (χ0v) is 13.1. The lowest BCUT2D eigenvalue weighted by Crippen LogP contribution is -2.15. The molecule has 106 valence electrons. The van der Waals surface area contributed by atoms with E-state index in [2.05, 4.69) is 30.4 Å². The molecule has 3 heteroatoms. The number of hydrogen-bond acceptors (Lipinski definition) is 3. The summed E-state index contributed by atoms with van der Waals surface area (Å²) in [7, 11) is 3.77. The molecule has 0 heterocycles. The first-order valence-corrected chi connectivity index (χ1v) is 8.15. The van der Waals surface area contributed by atoms with Gasteiger partial charge in [-0.1, -0.05) is 25.3 Å².